The minimum Gasteiger partial charge on any atom is -0.377 e. The van der Waals surface area contributed by atoms with Gasteiger partial charge in [0.15, 0.2) is 0 Å². The zero-order valence-electron chi connectivity index (χ0n) is 8.47. The Morgan fingerprint density at radius 1 is 0.750 bits per heavy atom. The fourth-order valence-electron chi connectivity index (χ4n) is 0.940. The Hall–Kier alpha value is -0.0800. The van der Waals surface area contributed by atoms with Crippen LogP contribution in [0.2, 0.25) is 0 Å². The number of hydrogen-bond acceptors (Lipinski definition) is 2. The van der Waals surface area contributed by atoms with E-state index >= 15 is 0 Å². The van der Waals surface area contributed by atoms with Crippen LogP contribution in [-0.2, 0) is 9.47 Å². The molecule has 0 spiro atoms. The smallest absolute Gasteiger partial charge is 0.0701 e. The highest BCUT2D eigenvalue weighted by Gasteiger charge is 1.94. The molecule has 0 N–H and O–H groups in total. The average Bonchev–Trinajstić information content (AvgIpc) is 2.18. The van der Waals surface area contributed by atoms with E-state index in [1.54, 1.807) is 0 Å². The van der Waals surface area contributed by atoms with Gasteiger partial charge in [0.05, 0.1) is 26.4 Å². The molecule has 12 heavy (non-hydrogen) atoms. The second-order valence-electron chi connectivity index (χ2n) is 2.93. The van der Waals surface area contributed by atoms with E-state index in [1.807, 2.05) is 0 Å². The van der Waals surface area contributed by atoms with Crippen LogP contribution < -0.4 is 0 Å². The highest BCUT2D eigenvalue weighted by atomic mass is 16.6. The summed E-state index contributed by atoms with van der Waals surface area (Å²) in [6.07, 6.45) is 5.54. The molecule has 2 heteroatoms. The number of ether oxygens (including phenoxy) is 2. The van der Waals surface area contributed by atoms with E-state index in [-0.39, 0.29) is 0 Å². The zero-order valence-corrected chi connectivity index (χ0v) is 8.47. The van der Waals surface area contributed by atoms with Gasteiger partial charge in [-0.1, -0.05) is 39.5 Å². The molecular formula is C10H22O2. The van der Waals surface area contributed by atoms with Gasteiger partial charge < -0.3 is 9.47 Å². The minimum absolute atomic E-state index is 0.778. The fourth-order valence-corrected chi connectivity index (χ4v) is 0.940. The summed E-state index contributed by atoms with van der Waals surface area (Å²) in [5.41, 5.74) is 0. The second kappa shape index (κ2) is 10.9. The van der Waals surface area contributed by atoms with Gasteiger partial charge in [-0.05, 0) is 0 Å². The summed E-state index contributed by atoms with van der Waals surface area (Å²) in [7, 11) is 0. The maximum absolute atomic E-state index is 4.94. The zero-order chi connectivity index (χ0) is 9.07. The molecule has 1 aliphatic rings. The monoisotopic (exact) mass is 174 g/mol. The quantitative estimate of drug-likeness (QED) is 0.612. The molecule has 0 saturated carbocycles. The summed E-state index contributed by atoms with van der Waals surface area (Å²) in [5.74, 6) is 0. The van der Waals surface area contributed by atoms with Crippen molar-refractivity contribution in [3.8, 4) is 0 Å². The van der Waals surface area contributed by atoms with E-state index in [2.05, 4.69) is 13.8 Å². The van der Waals surface area contributed by atoms with E-state index in [0.717, 1.165) is 26.4 Å². The standard InChI is InChI=1S/C6H14.C4H8O2/c1-3-5-6-4-2;1-2-6-4-3-5-1/h3-6H2,1-2H3;1-4H2. The van der Waals surface area contributed by atoms with Crippen molar-refractivity contribution in [2.24, 2.45) is 0 Å². The van der Waals surface area contributed by atoms with Gasteiger partial charge in [-0.15, -0.1) is 0 Å². The third kappa shape index (κ3) is 9.92. The Bertz CT molecular complexity index is 54.7. The third-order valence-corrected chi connectivity index (χ3v) is 1.70. The summed E-state index contributed by atoms with van der Waals surface area (Å²) >= 11 is 0. The van der Waals surface area contributed by atoms with Gasteiger partial charge in [-0.2, -0.15) is 0 Å². The van der Waals surface area contributed by atoms with Crippen LogP contribution in [0.1, 0.15) is 39.5 Å². The molecule has 74 valence electrons. The Morgan fingerprint density at radius 3 is 1.25 bits per heavy atom. The molecule has 0 radical (unpaired) electrons. The number of rotatable bonds is 3. The molecular weight excluding hydrogens is 152 g/mol. The van der Waals surface area contributed by atoms with Gasteiger partial charge in [0, 0.05) is 0 Å². The lowest BCUT2D eigenvalue weighted by Crippen LogP contribution is -2.16. The van der Waals surface area contributed by atoms with Crippen molar-refractivity contribution >= 4 is 0 Å². The van der Waals surface area contributed by atoms with Gasteiger partial charge in [0.2, 0.25) is 0 Å². The van der Waals surface area contributed by atoms with Crippen LogP contribution in [0.3, 0.4) is 0 Å². The van der Waals surface area contributed by atoms with Gasteiger partial charge in [0.1, 0.15) is 0 Å². The molecule has 1 rings (SSSR count). The predicted octanol–water partition coefficient (Wildman–Crippen LogP) is 2.62. The van der Waals surface area contributed by atoms with E-state index < -0.39 is 0 Å². The lowest BCUT2D eigenvalue weighted by Gasteiger charge is -2.09. The second-order valence-corrected chi connectivity index (χ2v) is 2.93. The van der Waals surface area contributed by atoms with Crippen molar-refractivity contribution in [2.45, 2.75) is 39.5 Å². The molecule has 0 atom stereocenters. The Labute approximate surface area is 76.3 Å². The molecule has 0 unspecified atom stereocenters. The van der Waals surface area contributed by atoms with Crippen LogP contribution in [0, 0.1) is 0 Å². The first-order valence-corrected chi connectivity index (χ1v) is 5.07. The van der Waals surface area contributed by atoms with Crippen molar-refractivity contribution in [3.05, 3.63) is 0 Å². The Morgan fingerprint density at radius 2 is 1.08 bits per heavy atom. The largest absolute Gasteiger partial charge is 0.377 e. The van der Waals surface area contributed by atoms with Crippen LogP contribution >= 0.6 is 0 Å². The first-order valence-electron chi connectivity index (χ1n) is 5.07. The molecule has 1 heterocycles. The maximum Gasteiger partial charge on any atom is 0.0701 e. The predicted molar refractivity (Wildman–Crippen MR) is 51.5 cm³/mol. The number of hydrogen-bond donors (Lipinski definition) is 0. The van der Waals surface area contributed by atoms with E-state index in [0.29, 0.717) is 0 Å². The molecule has 1 aliphatic heterocycles. The van der Waals surface area contributed by atoms with Gasteiger partial charge in [0.25, 0.3) is 0 Å². The van der Waals surface area contributed by atoms with Crippen LogP contribution in [-0.4, -0.2) is 26.4 Å². The summed E-state index contributed by atoms with van der Waals surface area (Å²) in [4.78, 5) is 0. The molecule has 0 aliphatic carbocycles. The van der Waals surface area contributed by atoms with Gasteiger partial charge in [-0.25, -0.2) is 0 Å². The molecule has 1 saturated heterocycles. The normalized spacial score (nSPS) is 16.5. The van der Waals surface area contributed by atoms with Crippen molar-refractivity contribution in [3.63, 3.8) is 0 Å². The summed E-state index contributed by atoms with van der Waals surface area (Å²) in [6, 6.07) is 0. The van der Waals surface area contributed by atoms with Crippen LogP contribution in [0.25, 0.3) is 0 Å². The highest BCUT2D eigenvalue weighted by Crippen LogP contribution is 1.95. The van der Waals surface area contributed by atoms with Crippen LogP contribution in [0.15, 0.2) is 0 Å². The third-order valence-electron chi connectivity index (χ3n) is 1.70. The molecule has 0 amide bonds. The maximum atomic E-state index is 4.94. The molecule has 0 aromatic carbocycles. The lowest BCUT2D eigenvalue weighted by molar-refractivity contribution is -0.0334. The minimum atomic E-state index is 0.778. The van der Waals surface area contributed by atoms with E-state index in [9.17, 15) is 0 Å². The fraction of sp³-hybridized carbons (Fsp3) is 1.00. The van der Waals surface area contributed by atoms with E-state index in [4.69, 9.17) is 9.47 Å². The Kier molecular flexibility index (Phi) is 10.8. The van der Waals surface area contributed by atoms with Crippen LogP contribution in [0.5, 0.6) is 0 Å². The SMILES string of the molecule is C1COCCO1.CCCCCC. The average molecular weight is 174 g/mol. The van der Waals surface area contributed by atoms with Crippen molar-refractivity contribution in [1.82, 2.24) is 0 Å². The molecule has 0 bridgehead atoms. The molecule has 0 aromatic heterocycles. The molecule has 1 fully saturated rings. The first-order chi connectivity index (χ1) is 5.91. The van der Waals surface area contributed by atoms with Crippen molar-refractivity contribution < 1.29 is 9.47 Å². The lowest BCUT2D eigenvalue weighted by atomic mass is 10.2. The molecule has 2 nitrogen and oxygen atoms in total. The van der Waals surface area contributed by atoms with Crippen LogP contribution in [0.4, 0.5) is 0 Å². The van der Waals surface area contributed by atoms with Crippen molar-refractivity contribution in [2.75, 3.05) is 26.4 Å². The topological polar surface area (TPSA) is 18.5 Å². The first kappa shape index (κ1) is 11.9. The summed E-state index contributed by atoms with van der Waals surface area (Å²) in [6.45, 7) is 7.57. The highest BCUT2D eigenvalue weighted by molar-refractivity contribution is 4.37. The van der Waals surface area contributed by atoms with Gasteiger partial charge in [-0.3, -0.25) is 0 Å². The van der Waals surface area contributed by atoms with E-state index in [1.165, 1.54) is 25.7 Å². The number of unbranched alkanes of at least 4 members (excludes halogenated alkanes) is 3. The summed E-state index contributed by atoms with van der Waals surface area (Å²) in [5, 5.41) is 0. The van der Waals surface area contributed by atoms with Crippen molar-refractivity contribution in [1.29, 1.82) is 0 Å². The Balaban J connectivity index is 0.000000202. The summed E-state index contributed by atoms with van der Waals surface area (Å²) < 4.78 is 9.89. The molecule has 0 aromatic rings. The van der Waals surface area contributed by atoms with Gasteiger partial charge >= 0.3 is 0 Å².